The Hall–Kier alpha value is -1.95. The second kappa shape index (κ2) is 6.87. The number of hydrogen-bond acceptors (Lipinski definition) is 4. The van der Waals surface area contributed by atoms with E-state index < -0.39 is 0 Å². The average Bonchev–Trinajstić information content (AvgIpc) is 2.96. The molecule has 1 aromatic heterocycles. The van der Waals surface area contributed by atoms with Crippen LogP contribution >= 0.6 is 0 Å². The Bertz CT molecular complexity index is 546. The molecule has 0 spiro atoms. The molecule has 1 fully saturated rings. The van der Waals surface area contributed by atoms with Crippen LogP contribution in [0.15, 0.2) is 18.3 Å². The highest BCUT2D eigenvalue weighted by molar-refractivity contribution is 5.98. The summed E-state index contributed by atoms with van der Waals surface area (Å²) in [5.41, 5.74) is 0.328. The van der Waals surface area contributed by atoms with E-state index in [2.05, 4.69) is 15.6 Å². The Morgan fingerprint density at radius 2 is 2.14 bits per heavy atom. The summed E-state index contributed by atoms with van der Waals surface area (Å²) in [5.74, 6) is -0.510. The summed E-state index contributed by atoms with van der Waals surface area (Å²) in [5, 5.41) is 5.66. The minimum absolute atomic E-state index is 0.0799. The van der Waals surface area contributed by atoms with Gasteiger partial charge in [0, 0.05) is 30.5 Å². The molecule has 1 aromatic rings. The number of carbonyl (C=O) groups is 2. The zero-order valence-corrected chi connectivity index (χ0v) is 13.3. The normalized spacial score (nSPS) is 18.0. The van der Waals surface area contributed by atoms with Gasteiger partial charge in [0.1, 0.15) is 5.69 Å². The minimum Gasteiger partial charge on any atom is -0.376 e. The molecule has 1 unspecified atom stereocenters. The van der Waals surface area contributed by atoms with Crippen LogP contribution in [0.5, 0.6) is 0 Å². The number of nitrogens with zero attached hydrogens (tertiary/aromatic N) is 1. The molecule has 1 atom stereocenters. The van der Waals surface area contributed by atoms with Crippen LogP contribution in [-0.4, -0.2) is 41.6 Å². The standard InChI is InChI=1S/C16H23N3O3/c1-16(2,3)19-14(20)11-6-7-17-13(9-11)15(21)18-10-12-5-4-8-22-12/h6-7,9,12H,4-5,8,10H2,1-3H3,(H,18,21)(H,19,20). The first-order valence-electron chi connectivity index (χ1n) is 7.53. The van der Waals surface area contributed by atoms with Crippen molar-refractivity contribution in [2.75, 3.05) is 13.2 Å². The molecule has 0 saturated carbocycles. The molecule has 2 N–H and O–H groups in total. The molecule has 22 heavy (non-hydrogen) atoms. The van der Waals surface area contributed by atoms with Crippen molar-refractivity contribution in [3.63, 3.8) is 0 Å². The van der Waals surface area contributed by atoms with Crippen molar-refractivity contribution >= 4 is 11.8 Å². The van der Waals surface area contributed by atoms with E-state index in [1.165, 1.54) is 12.3 Å². The zero-order valence-electron chi connectivity index (χ0n) is 13.3. The number of aromatic nitrogens is 1. The number of ether oxygens (including phenoxy) is 1. The maximum absolute atomic E-state index is 12.1. The summed E-state index contributed by atoms with van der Waals surface area (Å²) in [6.07, 6.45) is 3.54. The van der Waals surface area contributed by atoms with E-state index in [0.29, 0.717) is 12.1 Å². The van der Waals surface area contributed by atoms with Crippen LogP contribution in [0.2, 0.25) is 0 Å². The summed E-state index contributed by atoms with van der Waals surface area (Å²) in [6, 6.07) is 3.10. The van der Waals surface area contributed by atoms with Crippen molar-refractivity contribution in [3.05, 3.63) is 29.6 Å². The fourth-order valence-corrected chi connectivity index (χ4v) is 2.21. The SMILES string of the molecule is CC(C)(C)NC(=O)c1ccnc(C(=O)NCC2CCCO2)c1. The van der Waals surface area contributed by atoms with Crippen molar-refractivity contribution in [3.8, 4) is 0 Å². The molecule has 0 radical (unpaired) electrons. The lowest BCUT2D eigenvalue weighted by molar-refractivity contribution is 0.0853. The predicted molar refractivity (Wildman–Crippen MR) is 82.8 cm³/mol. The van der Waals surface area contributed by atoms with E-state index >= 15 is 0 Å². The van der Waals surface area contributed by atoms with Gasteiger partial charge in [-0.25, -0.2) is 0 Å². The van der Waals surface area contributed by atoms with Crippen LogP contribution in [0.1, 0.15) is 54.5 Å². The summed E-state index contributed by atoms with van der Waals surface area (Å²) < 4.78 is 5.46. The summed E-state index contributed by atoms with van der Waals surface area (Å²) in [7, 11) is 0. The molecular weight excluding hydrogens is 282 g/mol. The maximum atomic E-state index is 12.1. The summed E-state index contributed by atoms with van der Waals surface area (Å²) >= 11 is 0. The molecule has 2 rings (SSSR count). The second-order valence-electron chi connectivity index (χ2n) is 6.48. The van der Waals surface area contributed by atoms with Crippen LogP contribution in [0.25, 0.3) is 0 Å². The Balaban J connectivity index is 1.97. The van der Waals surface area contributed by atoms with Crippen LogP contribution in [0, 0.1) is 0 Å². The van der Waals surface area contributed by atoms with Gasteiger partial charge in [0.15, 0.2) is 0 Å². The Morgan fingerprint density at radius 3 is 2.77 bits per heavy atom. The van der Waals surface area contributed by atoms with Gasteiger partial charge >= 0.3 is 0 Å². The first kappa shape index (κ1) is 16.4. The van der Waals surface area contributed by atoms with Crippen molar-refractivity contribution < 1.29 is 14.3 Å². The minimum atomic E-state index is -0.331. The summed E-state index contributed by atoms with van der Waals surface area (Å²) in [6.45, 7) is 6.93. The molecule has 0 bridgehead atoms. The average molecular weight is 305 g/mol. The molecule has 120 valence electrons. The number of pyridine rings is 1. The summed E-state index contributed by atoms with van der Waals surface area (Å²) in [4.78, 5) is 28.2. The Kier molecular flexibility index (Phi) is 5.13. The molecule has 6 nitrogen and oxygen atoms in total. The van der Waals surface area contributed by atoms with Gasteiger partial charge in [-0.3, -0.25) is 14.6 Å². The monoisotopic (exact) mass is 305 g/mol. The van der Waals surface area contributed by atoms with Crippen LogP contribution in [0.3, 0.4) is 0 Å². The highest BCUT2D eigenvalue weighted by Gasteiger charge is 2.19. The van der Waals surface area contributed by atoms with Gasteiger partial charge in [0.05, 0.1) is 6.10 Å². The third-order valence-corrected chi connectivity index (χ3v) is 3.26. The van der Waals surface area contributed by atoms with E-state index in [-0.39, 0.29) is 29.2 Å². The highest BCUT2D eigenvalue weighted by Crippen LogP contribution is 2.11. The van der Waals surface area contributed by atoms with Gasteiger partial charge < -0.3 is 15.4 Å². The van der Waals surface area contributed by atoms with Crippen molar-refractivity contribution in [2.24, 2.45) is 0 Å². The van der Waals surface area contributed by atoms with Crippen LogP contribution in [0.4, 0.5) is 0 Å². The molecule has 2 amide bonds. The van der Waals surface area contributed by atoms with Crippen molar-refractivity contribution in [2.45, 2.75) is 45.3 Å². The topological polar surface area (TPSA) is 80.3 Å². The van der Waals surface area contributed by atoms with Gasteiger partial charge in [-0.1, -0.05) is 0 Å². The lowest BCUT2D eigenvalue weighted by Crippen LogP contribution is -2.40. The van der Waals surface area contributed by atoms with Crippen LogP contribution in [-0.2, 0) is 4.74 Å². The zero-order chi connectivity index (χ0) is 16.2. The second-order valence-corrected chi connectivity index (χ2v) is 6.48. The Morgan fingerprint density at radius 1 is 1.36 bits per heavy atom. The van der Waals surface area contributed by atoms with Crippen molar-refractivity contribution in [1.82, 2.24) is 15.6 Å². The van der Waals surface area contributed by atoms with Gasteiger partial charge in [0.25, 0.3) is 11.8 Å². The molecule has 1 aliphatic heterocycles. The molecule has 0 aromatic carbocycles. The van der Waals surface area contributed by atoms with Crippen molar-refractivity contribution in [1.29, 1.82) is 0 Å². The fourth-order valence-electron chi connectivity index (χ4n) is 2.21. The van der Waals surface area contributed by atoms with Gasteiger partial charge in [-0.05, 0) is 45.7 Å². The predicted octanol–water partition coefficient (Wildman–Crippen LogP) is 1.52. The van der Waals surface area contributed by atoms with E-state index in [9.17, 15) is 9.59 Å². The van der Waals surface area contributed by atoms with Gasteiger partial charge in [0.2, 0.25) is 0 Å². The number of amides is 2. The van der Waals surface area contributed by atoms with E-state index in [4.69, 9.17) is 4.74 Å². The fraction of sp³-hybridized carbons (Fsp3) is 0.562. The molecule has 1 aliphatic rings. The van der Waals surface area contributed by atoms with E-state index in [1.54, 1.807) is 6.07 Å². The third-order valence-electron chi connectivity index (χ3n) is 3.26. The lowest BCUT2D eigenvalue weighted by Gasteiger charge is -2.20. The molecule has 2 heterocycles. The molecule has 1 saturated heterocycles. The number of hydrogen-bond donors (Lipinski definition) is 2. The maximum Gasteiger partial charge on any atom is 0.269 e. The van der Waals surface area contributed by atoms with Gasteiger partial charge in [-0.15, -0.1) is 0 Å². The number of rotatable bonds is 4. The van der Waals surface area contributed by atoms with E-state index in [1.807, 2.05) is 20.8 Å². The molecular formula is C16H23N3O3. The quantitative estimate of drug-likeness (QED) is 0.884. The highest BCUT2D eigenvalue weighted by atomic mass is 16.5. The number of nitrogens with one attached hydrogen (secondary N) is 2. The molecule has 0 aliphatic carbocycles. The third kappa shape index (κ3) is 4.80. The van der Waals surface area contributed by atoms with E-state index in [0.717, 1.165) is 19.4 Å². The van der Waals surface area contributed by atoms with Crippen LogP contribution < -0.4 is 10.6 Å². The first-order chi connectivity index (χ1) is 10.3. The number of carbonyl (C=O) groups excluding carboxylic acids is 2. The molecule has 6 heteroatoms. The van der Waals surface area contributed by atoms with Gasteiger partial charge in [-0.2, -0.15) is 0 Å². The lowest BCUT2D eigenvalue weighted by atomic mass is 10.1. The largest absolute Gasteiger partial charge is 0.376 e. The smallest absolute Gasteiger partial charge is 0.269 e. The first-order valence-corrected chi connectivity index (χ1v) is 7.53. The Labute approximate surface area is 130 Å².